The molecule has 28 heavy (non-hydrogen) atoms. The monoisotopic (exact) mass is 425 g/mol. The molecule has 4 aromatic heterocycles. The number of pyridine rings is 1. The third kappa shape index (κ3) is 3.36. The number of halogens is 4. The summed E-state index contributed by atoms with van der Waals surface area (Å²) in [6.45, 7) is 0.229. The lowest BCUT2D eigenvalue weighted by molar-refractivity contribution is -0.136. The van der Waals surface area contributed by atoms with Crippen molar-refractivity contribution in [3.8, 4) is 11.1 Å². The third-order valence-electron chi connectivity index (χ3n) is 4.02. The molecule has 4 aromatic rings. The first kappa shape index (κ1) is 18.5. The van der Waals surface area contributed by atoms with E-state index in [2.05, 4.69) is 20.5 Å². The average Bonchev–Trinajstić information content (AvgIpc) is 3.40. The number of fused-ring (bicyclic) bond motifs is 1. The molecule has 0 bridgehead atoms. The van der Waals surface area contributed by atoms with Crippen LogP contribution in [0.1, 0.15) is 20.9 Å². The van der Waals surface area contributed by atoms with Crippen LogP contribution in [0.2, 0.25) is 5.15 Å². The van der Waals surface area contributed by atoms with Gasteiger partial charge in [0.2, 0.25) is 0 Å². The van der Waals surface area contributed by atoms with Crippen molar-refractivity contribution in [2.45, 2.75) is 12.7 Å². The average molecular weight is 426 g/mol. The summed E-state index contributed by atoms with van der Waals surface area (Å²) < 4.78 is 41.9. The van der Waals surface area contributed by atoms with Gasteiger partial charge in [0.1, 0.15) is 5.15 Å². The zero-order chi connectivity index (χ0) is 19.9. The smallest absolute Gasteiger partial charge is 0.346 e. The number of rotatable bonds is 4. The van der Waals surface area contributed by atoms with E-state index in [1.165, 1.54) is 29.9 Å². The van der Waals surface area contributed by atoms with Crippen LogP contribution >= 0.6 is 22.9 Å². The molecule has 0 aliphatic rings. The molecule has 1 amide bonds. The Morgan fingerprint density at radius 1 is 1.36 bits per heavy atom. The lowest BCUT2D eigenvalue weighted by Gasteiger charge is -2.10. The minimum Gasteiger partial charge on any atom is -0.346 e. The second kappa shape index (κ2) is 6.95. The van der Waals surface area contributed by atoms with E-state index >= 15 is 0 Å². The molecule has 0 saturated heterocycles. The van der Waals surface area contributed by atoms with Crippen LogP contribution in [0.3, 0.4) is 0 Å². The Bertz CT molecular complexity index is 1140. The zero-order valence-electron chi connectivity index (χ0n) is 13.9. The van der Waals surface area contributed by atoms with Crippen molar-refractivity contribution in [3.05, 3.63) is 63.5 Å². The van der Waals surface area contributed by atoms with E-state index in [0.717, 1.165) is 15.3 Å². The minimum absolute atomic E-state index is 0.200. The molecule has 2 N–H and O–H groups in total. The summed E-state index contributed by atoms with van der Waals surface area (Å²) in [5.41, 5.74) is -1.02. The third-order valence-corrected chi connectivity index (χ3v) is 5.25. The van der Waals surface area contributed by atoms with E-state index in [1.54, 1.807) is 0 Å². The Morgan fingerprint density at radius 2 is 2.18 bits per heavy atom. The van der Waals surface area contributed by atoms with Gasteiger partial charge in [-0.15, -0.1) is 11.3 Å². The van der Waals surface area contributed by atoms with Crippen LogP contribution in [0.4, 0.5) is 13.2 Å². The van der Waals surface area contributed by atoms with Gasteiger partial charge in [0.15, 0.2) is 11.3 Å². The van der Waals surface area contributed by atoms with Crippen molar-refractivity contribution in [1.82, 2.24) is 24.9 Å². The number of hydrogen-bond acceptors (Lipinski definition) is 4. The number of nitrogens with one attached hydrogen (secondary N) is 2. The molecular formula is C17H11ClF3N5OS. The minimum atomic E-state index is -4.68. The second-order valence-corrected chi connectivity index (χ2v) is 7.22. The number of amides is 1. The predicted octanol–water partition coefficient (Wildman–Crippen LogP) is 4.39. The van der Waals surface area contributed by atoms with Gasteiger partial charge in [-0.2, -0.15) is 18.3 Å². The van der Waals surface area contributed by atoms with Crippen LogP contribution in [0.15, 0.2) is 42.2 Å². The summed E-state index contributed by atoms with van der Waals surface area (Å²) in [4.78, 5) is 17.2. The molecule has 144 valence electrons. The summed E-state index contributed by atoms with van der Waals surface area (Å²) in [7, 11) is 0. The van der Waals surface area contributed by atoms with Gasteiger partial charge in [-0.1, -0.05) is 17.7 Å². The molecular weight excluding hydrogens is 415 g/mol. The normalized spacial score (nSPS) is 11.9. The van der Waals surface area contributed by atoms with Crippen molar-refractivity contribution in [2.24, 2.45) is 0 Å². The molecule has 11 heteroatoms. The van der Waals surface area contributed by atoms with Crippen LogP contribution in [0.25, 0.3) is 16.8 Å². The van der Waals surface area contributed by atoms with Gasteiger partial charge >= 0.3 is 6.18 Å². The molecule has 0 unspecified atom stereocenters. The fourth-order valence-corrected chi connectivity index (χ4v) is 3.60. The fourth-order valence-electron chi connectivity index (χ4n) is 2.70. The fraction of sp³-hybridized carbons (Fsp3) is 0.118. The number of imidazole rings is 1. The maximum atomic E-state index is 13.6. The summed E-state index contributed by atoms with van der Waals surface area (Å²) in [6, 6.07) is 4.61. The number of aromatic amines is 1. The number of carbonyl (C=O) groups is 1. The highest BCUT2D eigenvalue weighted by molar-refractivity contribution is 7.09. The van der Waals surface area contributed by atoms with Gasteiger partial charge in [-0.3, -0.25) is 14.3 Å². The highest BCUT2D eigenvalue weighted by Gasteiger charge is 2.36. The van der Waals surface area contributed by atoms with E-state index in [4.69, 9.17) is 11.6 Å². The van der Waals surface area contributed by atoms with Gasteiger partial charge < -0.3 is 5.32 Å². The number of alkyl halides is 3. The van der Waals surface area contributed by atoms with E-state index in [1.807, 2.05) is 17.5 Å². The molecule has 0 spiro atoms. The van der Waals surface area contributed by atoms with Gasteiger partial charge in [0.05, 0.1) is 18.3 Å². The molecule has 0 aliphatic carbocycles. The van der Waals surface area contributed by atoms with Gasteiger partial charge in [-0.05, 0) is 17.5 Å². The number of aromatic nitrogens is 4. The zero-order valence-corrected chi connectivity index (χ0v) is 15.5. The molecule has 0 fully saturated rings. The van der Waals surface area contributed by atoms with Gasteiger partial charge in [0.25, 0.3) is 5.91 Å². The summed E-state index contributed by atoms with van der Waals surface area (Å²) >= 11 is 7.66. The number of hydrogen-bond donors (Lipinski definition) is 2. The Hall–Kier alpha value is -2.85. The Morgan fingerprint density at radius 3 is 2.82 bits per heavy atom. The summed E-state index contributed by atoms with van der Waals surface area (Å²) in [5.74, 6) is -0.653. The maximum absolute atomic E-state index is 13.6. The number of carbonyl (C=O) groups excluding carboxylic acids is 1. The van der Waals surface area contributed by atoms with Crippen LogP contribution in [-0.2, 0) is 12.7 Å². The quantitative estimate of drug-likeness (QED) is 0.509. The van der Waals surface area contributed by atoms with Crippen molar-refractivity contribution in [2.75, 3.05) is 0 Å². The highest BCUT2D eigenvalue weighted by atomic mass is 35.5. The molecule has 4 heterocycles. The topological polar surface area (TPSA) is 75.1 Å². The van der Waals surface area contributed by atoms with Crippen molar-refractivity contribution < 1.29 is 18.0 Å². The van der Waals surface area contributed by atoms with Gasteiger partial charge in [-0.25, -0.2) is 4.98 Å². The Kier molecular flexibility index (Phi) is 4.60. The largest absolute Gasteiger partial charge is 0.420 e. The Labute approximate surface area is 165 Å². The van der Waals surface area contributed by atoms with Crippen molar-refractivity contribution in [1.29, 1.82) is 0 Å². The molecule has 0 atom stereocenters. The standard InChI is InChI=1S/C17H11ClF3N5OS/c18-14-13(16(27)22-7-11-2-1-3-28-11)25-15-12(17(19,20)21)4-9(8-26(14)15)10-5-23-24-6-10/h1-6,8H,7H2,(H,22,27)(H,23,24). The van der Waals surface area contributed by atoms with Crippen molar-refractivity contribution >= 4 is 34.5 Å². The first-order valence-corrected chi connectivity index (χ1v) is 9.19. The second-order valence-electron chi connectivity index (χ2n) is 5.83. The molecule has 0 radical (unpaired) electrons. The van der Waals surface area contributed by atoms with E-state index in [0.29, 0.717) is 5.56 Å². The van der Waals surface area contributed by atoms with Crippen LogP contribution < -0.4 is 5.32 Å². The molecule has 0 aliphatic heterocycles. The lowest BCUT2D eigenvalue weighted by Crippen LogP contribution is -2.23. The maximum Gasteiger partial charge on any atom is 0.420 e. The summed E-state index contributed by atoms with van der Waals surface area (Å²) in [6.07, 6.45) is -0.442. The molecule has 0 aromatic carbocycles. The van der Waals surface area contributed by atoms with E-state index < -0.39 is 23.3 Å². The van der Waals surface area contributed by atoms with Crippen molar-refractivity contribution in [3.63, 3.8) is 0 Å². The Balaban J connectivity index is 1.79. The number of H-pyrrole nitrogens is 1. The highest BCUT2D eigenvalue weighted by Crippen LogP contribution is 2.36. The molecule has 0 saturated carbocycles. The van der Waals surface area contributed by atoms with Crippen LogP contribution in [-0.4, -0.2) is 25.5 Å². The SMILES string of the molecule is O=C(NCc1cccs1)c1nc2c(C(F)(F)F)cc(-c3cn[nH]c3)cn2c1Cl. The van der Waals surface area contributed by atoms with Gasteiger partial charge in [0, 0.05) is 28.4 Å². The first-order chi connectivity index (χ1) is 13.3. The first-order valence-electron chi connectivity index (χ1n) is 7.93. The van der Waals surface area contributed by atoms with E-state index in [9.17, 15) is 18.0 Å². The van der Waals surface area contributed by atoms with Crippen LogP contribution in [0.5, 0.6) is 0 Å². The number of thiophene rings is 1. The van der Waals surface area contributed by atoms with Crippen LogP contribution in [0, 0.1) is 0 Å². The molecule has 4 rings (SSSR count). The summed E-state index contributed by atoms with van der Waals surface area (Å²) in [5, 5.41) is 10.6. The van der Waals surface area contributed by atoms with E-state index in [-0.39, 0.29) is 23.0 Å². The lowest BCUT2D eigenvalue weighted by atomic mass is 10.1. The number of nitrogens with zero attached hydrogens (tertiary/aromatic N) is 3. The molecule has 6 nitrogen and oxygen atoms in total. The predicted molar refractivity (Wildman–Crippen MR) is 98.3 cm³/mol.